The van der Waals surface area contributed by atoms with E-state index in [1.165, 1.54) is 5.38 Å². The van der Waals surface area contributed by atoms with Gasteiger partial charge in [-0.3, -0.25) is 10.1 Å². The summed E-state index contributed by atoms with van der Waals surface area (Å²) in [7, 11) is 0. The topological polar surface area (TPSA) is 81.2 Å². The molecule has 0 radical (unpaired) electrons. The average Bonchev–Trinajstić information content (AvgIpc) is 2.67. The van der Waals surface area contributed by atoms with E-state index in [4.69, 9.17) is 6.42 Å². The van der Waals surface area contributed by atoms with Gasteiger partial charge in [0.25, 0.3) is 5.91 Å². The van der Waals surface area contributed by atoms with Crippen LogP contribution in [0, 0.1) is 12.3 Å². The smallest absolute Gasteiger partial charge is 0.415 e. The highest BCUT2D eigenvalue weighted by Gasteiger charge is 2.12. The molecule has 0 aliphatic rings. The minimum Gasteiger partial charge on any atom is -0.436 e. The summed E-state index contributed by atoms with van der Waals surface area (Å²) >= 11 is 1.01. The van der Waals surface area contributed by atoms with E-state index in [0.29, 0.717) is 0 Å². The predicted octanol–water partition coefficient (Wildman–Crippen LogP) is 0.0377. The number of aromatic nitrogens is 2. The Morgan fingerprint density at radius 2 is 2.50 bits per heavy atom. The summed E-state index contributed by atoms with van der Waals surface area (Å²) in [6, 6.07) is 0. The van der Waals surface area contributed by atoms with Crippen LogP contribution in [-0.4, -0.2) is 28.2 Å². The Hall–Kier alpha value is -1.94. The third-order valence-electron chi connectivity index (χ3n) is 1.09. The lowest BCUT2D eigenvalue weighted by Gasteiger charge is -2.00. The number of nitrogens with zero attached hydrogens (tertiary/aromatic N) is 2. The number of hydrogen-bond donors (Lipinski definition) is 1. The second-order valence-corrected chi connectivity index (χ2v) is 2.63. The first kappa shape index (κ1) is 10.1. The third kappa shape index (κ3) is 2.84. The van der Waals surface area contributed by atoms with Crippen LogP contribution in [0.1, 0.15) is 10.5 Å². The number of carbonyl (C=O) groups is 2. The molecule has 2 amide bonds. The van der Waals surface area contributed by atoms with Crippen LogP contribution >= 0.6 is 11.5 Å². The summed E-state index contributed by atoms with van der Waals surface area (Å²) in [4.78, 5) is 21.9. The number of alkyl carbamates (subject to hydrolysis) is 1. The number of carbonyl (C=O) groups excluding carboxylic acids is 2. The van der Waals surface area contributed by atoms with Crippen molar-refractivity contribution in [1.82, 2.24) is 14.9 Å². The van der Waals surface area contributed by atoms with Crippen molar-refractivity contribution in [2.45, 2.75) is 0 Å². The van der Waals surface area contributed by atoms with E-state index in [2.05, 4.69) is 20.2 Å². The molecule has 0 unspecified atom stereocenters. The molecule has 0 spiro atoms. The Morgan fingerprint density at radius 1 is 1.71 bits per heavy atom. The van der Waals surface area contributed by atoms with E-state index < -0.39 is 12.0 Å². The van der Waals surface area contributed by atoms with Crippen LogP contribution in [0.25, 0.3) is 0 Å². The van der Waals surface area contributed by atoms with Gasteiger partial charge in [0.2, 0.25) is 0 Å². The number of terminal acetylenes is 1. The van der Waals surface area contributed by atoms with E-state index in [1.54, 1.807) is 0 Å². The van der Waals surface area contributed by atoms with E-state index in [0.717, 1.165) is 11.5 Å². The molecule has 0 fully saturated rings. The molecule has 7 heteroatoms. The Labute approximate surface area is 83.4 Å². The lowest BCUT2D eigenvalue weighted by atomic mass is 10.5. The van der Waals surface area contributed by atoms with Crippen molar-refractivity contribution in [2.75, 3.05) is 6.61 Å². The minimum absolute atomic E-state index is 0.0626. The molecule has 6 nitrogen and oxygen atoms in total. The van der Waals surface area contributed by atoms with Gasteiger partial charge in [-0.2, -0.15) is 0 Å². The van der Waals surface area contributed by atoms with Crippen LogP contribution in [0.3, 0.4) is 0 Å². The van der Waals surface area contributed by atoms with Crippen molar-refractivity contribution in [2.24, 2.45) is 0 Å². The summed E-state index contributed by atoms with van der Waals surface area (Å²) in [5, 5.41) is 6.79. The molecule has 0 atom stereocenters. The first-order valence-electron chi connectivity index (χ1n) is 3.42. The lowest BCUT2D eigenvalue weighted by molar-refractivity contribution is 0.0925. The highest BCUT2D eigenvalue weighted by molar-refractivity contribution is 7.03. The van der Waals surface area contributed by atoms with E-state index in [9.17, 15) is 9.59 Å². The van der Waals surface area contributed by atoms with Crippen LogP contribution in [-0.2, 0) is 4.74 Å². The zero-order valence-corrected chi connectivity index (χ0v) is 7.71. The van der Waals surface area contributed by atoms with Gasteiger partial charge in [-0.05, 0) is 11.5 Å². The van der Waals surface area contributed by atoms with Crippen molar-refractivity contribution in [1.29, 1.82) is 0 Å². The number of hydrogen-bond acceptors (Lipinski definition) is 6. The molecular formula is C7H5N3O3S. The number of imide groups is 1. The Morgan fingerprint density at radius 3 is 3.07 bits per heavy atom. The first-order valence-corrected chi connectivity index (χ1v) is 4.26. The number of amides is 2. The van der Waals surface area contributed by atoms with E-state index in [1.807, 2.05) is 5.32 Å². The molecule has 72 valence electrons. The van der Waals surface area contributed by atoms with Crippen molar-refractivity contribution in [3.05, 3.63) is 11.1 Å². The summed E-state index contributed by atoms with van der Waals surface area (Å²) in [6.45, 7) is -0.186. The molecule has 0 aromatic carbocycles. The summed E-state index contributed by atoms with van der Waals surface area (Å²) in [6.07, 6.45) is 3.94. The van der Waals surface area contributed by atoms with Gasteiger partial charge >= 0.3 is 6.09 Å². The van der Waals surface area contributed by atoms with E-state index >= 15 is 0 Å². The highest BCUT2D eigenvalue weighted by Crippen LogP contribution is 1.96. The molecule has 0 aliphatic heterocycles. The standard InChI is InChI=1S/C7H5N3O3S/c1-2-3-13-7(12)8-6(11)5-4-14-10-9-5/h1,4H,3H2,(H,8,11,12). The number of rotatable bonds is 2. The van der Waals surface area contributed by atoms with Gasteiger partial charge in [0.05, 0.1) is 0 Å². The van der Waals surface area contributed by atoms with Crippen molar-refractivity contribution < 1.29 is 14.3 Å². The van der Waals surface area contributed by atoms with E-state index in [-0.39, 0.29) is 12.3 Å². The summed E-state index contributed by atoms with van der Waals surface area (Å²) in [5.41, 5.74) is 0.0626. The number of ether oxygens (including phenoxy) is 1. The first-order chi connectivity index (χ1) is 6.74. The zero-order valence-electron chi connectivity index (χ0n) is 6.89. The number of nitrogens with one attached hydrogen (secondary N) is 1. The van der Waals surface area contributed by atoms with Gasteiger partial charge in [-0.1, -0.05) is 10.4 Å². The SMILES string of the molecule is C#CCOC(=O)NC(=O)c1csnn1. The second kappa shape index (κ2) is 4.94. The molecular weight excluding hydrogens is 206 g/mol. The fourth-order valence-electron chi connectivity index (χ4n) is 0.564. The predicted molar refractivity (Wildman–Crippen MR) is 47.6 cm³/mol. The van der Waals surface area contributed by atoms with Gasteiger partial charge in [0.1, 0.15) is 0 Å². The van der Waals surface area contributed by atoms with Gasteiger partial charge in [0.15, 0.2) is 12.3 Å². The highest BCUT2D eigenvalue weighted by atomic mass is 32.1. The summed E-state index contributed by atoms with van der Waals surface area (Å²) < 4.78 is 7.87. The second-order valence-electron chi connectivity index (χ2n) is 2.02. The molecule has 1 N–H and O–H groups in total. The molecule has 14 heavy (non-hydrogen) atoms. The van der Waals surface area contributed by atoms with Crippen molar-refractivity contribution in [3.8, 4) is 12.3 Å². The van der Waals surface area contributed by atoms with Crippen LogP contribution in [0.5, 0.6) is 0 Å². The Kier molecular flexibility index (Phi) is 3.58. The molecule has 0 saturated heterocycles. The molecule has 0 saturated carbocycles. The fourth-order valence-corrected chi connectivity index (χ4v) is 1.000. The maximum Gasteiger partial charge on any atom is 0.415 e. The maximum absolute atomic E-state index is 11.1. The van der Waals surface area contributed by atoms with Gasteiger partial charge in [0, 0.05) is 5.38 Å². The normalized spacial score (nSPS) is 8.79. The van der Waals surface area contributed by atoms with Crippen LogP contribution in [0.2, 0.25) is 0 Å². The largest absolute Gasteiger partial charge is 0.436 e. The molecule has 0 aliphatic carbocycles. The minimum atomic E-state index is -0.902. The Balaban J connectivity index is 2.42. The maximum atomic E-state index is 11.1. The molecule has 1 heterocycles. The molecule has 1 rings (SSSR count). The van der Waals surface area contributed by atoms with Gasteiger partial charge < -0.3 is 4.74 Å². The molecule has 0 bridgehead atoms. The Bertz CT molecular complexity index is 368. The van der Waals surface area contributed by atoms with Crippen LogP contribution in [0.15, 0.2) is 5.38 Å². The molecule has 1 aromatic heterocycles. The summed E-state index contributed by atoms with van der Waals surface area (Å²) in [5.74, 6) is 1.42. The fraction of sp³-hybridized carbons (Fsp3) is 0.143. The van der Waals surface area contributed by atoms with Crippen LogP contribution in [0.4, 0.5) is 4.79 Å². The van der Waals surface area contributed by atoms with Gasteiger partial charge in [-0.25, -0.2) is 4.79 Å². The van der Waals surface area contributed by atoms with Crippen molar-refractivity contribution >= 4 is 23.5 Å². The third-order valence-corrected chi connectivity index (χ3v) is 1.60. The van der Waals surface area contributed by atoms with Crippen LogP contribution < -0.4 is 5.32 Å². The molecule has 1 aromatic rings. The van der Waals surface area contributed by atoms with Crippen molar-refractivity contribution in [3.63, 3.8) is 0 Å². The zero-order chi connectivity index (χ0) is 10.4. The quantitative estimate of drug-likeness (QED) is 0.698. The van der Waals surface area contributed by atoms with Gasteiger partial charge in [-0.15, -0.1) is 11.5 Å². The average molecular weight is 211 g/mol. The monoisotopic (exact) mass is 211 g/mol. The lowest BCUT2D eigenvalue weighted by Crippen LogP contribution is -2.31.